The van der Waals surface area contributed by atoms with Gasteiger partial charge in [-0.2, -0.15) is 0 Å². The van der Waals surface area contributed by atoms with Crippen LogP contribution in [0.3, 0.4) is 0 Å². The zero-order valence-corrected chi connectivity index (χ0v) is 9.50. The molecule has 1 rings (SSSR count). The van der Waals surface area contributed by atoms with E-state index in [1.807, 2.05) is 0 Å². The Morgan fingerprint density at radius 2 is 1.86 bits per heavy atom. The third-order valence-corrected chi connectivity index (χ3v) is 3.01. The van der Waals surface area contributed by atoms with Crippen molar-refractivity contribution in [1.82, 2.24) is 10.2 Å². The number of rotatable bonds is 6. The van der Waals surface area contributed by atoms with Gasteiger partial charge in [-0.25, -0.2) is 0 Å². The molecule has 1 heterocycles. The van der Waals surface area contributed by atoms with Gasteiger partial charge >= 0.3 is 0 Å². The summed E-state index contributed by atoms with van der Waals surface area (Å²) in [7, 11) is 0. The minimum absolute atomic E-state index is 0.283. The lowest BCUT2D eigenvalue weighted by atomic mass is 10.2. The lowest BCUT2D eigenvalue weighted by Gasteiger charge is -2.24. The average Bonchev–Trinajstić information content (AvgIpc) is 2.70. The molecule has 0 aliphatic carbocycles. The van der Waals surface area contributed by atoms with Crippen LogP contribution in [0.15, 0.2) is 0 Å². The van der Waals surface area contributed by atoms with Gasteiger partial charge in [0.2, 0.25) is 0 Å². The highest BCUT2D eigenvalue weighted by molar-refractivity contribution is 4.74. The van der Waals surface area contributed by atoms with E-state index >= 15 is 0 Å². The summed E-state index contributed by atoms with van der Waals surface area (Å²) in [5, 5.41) is 12.3. The highest BCUT2D eigenvalue weighted by Crippen LogP contribution is 2.10. The second-order valence-corrected chi connectivity index (χ2v) is 4.54. The van der Waals surface area contributed by atoms with Crippen molar-refractivity contribution in [1.29, 1.82) is 0 Å². The summed E-state index contributed by atoms with van der Waals surface area (Å²) in [6, 6.07) is 0.642. The van der Waals surface area contributed by atoms with Gasteiger partial charge in [0.25, 0.3) is 0 Å². The zero-order chi connectivity index (χ0) is 10.4. The highest BCUT2D eigenvalue weighted by Gasteiger charge is 2.17. The Morgan fingerprint density at radius 3 is 2.43 bits per heavy atom. The number of nitrogens with zero attached hydrogens (tertiary/aromatic N) is 1. The predicted molar refractivity (Wildman–Crippen MR) is 59.4 cm³/mol. The third kappa shape index (κ3) is 3.95. The van der Waals surface area contributed by atoms with Crippen LogP contribution in [0.1, 0.15) is 26.7 Å². The van der Waals surface area contributed by atoms with Gasteiger partial charge in [-0.3, -0.25) is 4.90 Å². The van der Waals surface area contributed by atoms with Crippen molar-refractivity contribution < 1.29 is 5.11 Å². The van der Waals surface area contributed by atoms with Crippen molar-refractivity contribution in [2.24, 2.45) is 5.92 Å². The molecule has 0 aromatic heterocycles. The number of aliphatic hydroxyl groups is 1. The van der Waals surface area contributed by atoms with Crippen LogP contribution in [0.4, 0.5) is 0 Å². The molecule has 3 heteroatoms. The highest BCUT2D eigenvalue weighted by atomic mass is 16.3. The van der Waals surface area contributed by atoms with Crippen molar-refractivity contribution in [3.8, 4) is 0 Å². The summed E-state index contributed by atoms with van der Waals surface area (Å²) in [4.78, 5) is 2.54. The maximum absolute atomic E-state index is 8.86. The monoisotopic (exact) mass is 200 g/mol. The van der Waals surface area contributed by atoms with Gasteiger partial charge in [0.1, 0.15) is 0 Å². The van der Waals surface area contributed by atoms with Crippen LogP contribution in [0.2, 0.25) is 0 Å². The molecule has 0 amide bonds. The van der Waals surface area contributed by atoms with Crippen molar-refractivity contribution in [2.75, 3.05) is 32.8 Å². The summed E-state index contributed by atoms with van der Waals surface area (Å²) in [6.07, 6.45) is 2.72. The van der Waals surface area contributed by atoms with Crippen LogP contribution in [-0.2, 0) is 0 Å². The summed E-state index contributed by atoms with van der Waals surface area (Å²) >= 11 is 0. The topological polar surface area (TPSA) is 35.5 Å². The molecular formula is C11H24N2O. The van der Waals surface area contributed by atoms with E-state index in [2.05, 4.69) is 24.1 Å². The fraction of sp³-hybridized carbons (Fsp3) is 1.00. The Labute approximate surface area is 87.5 Å². The Hall–Kier alpha value is -0.120. The number of hydrogen-bond acceptors (Lipinski definition) is 3. The molecule has 2 unspecified atom stereocenters. The number of nitrogens with one attached hydrogen (secondary N) is 1. The lowest BCUT2D eigenvalue weighted by Crippen LogP contribution is -2.40. The molecule has 0 saturated carbocycles. The summed E-state index contributed by atoms with van der Waals surface area (Å²) < 4.78 is 0. The largest absolute Gasteiger partial charge is 0.396 e. The number of likely N-dealkylation sites (tertiary alicyclic amines) is 1. The van der Waals surface area contributed by atoms with Crippen LogP contribution in [-0.4, -0.2) is 48.8 Å². The minimum Gasteiger partial charge on any atom is -0.396 e. The molecule has 1 aliphatic heterocycles. The second-order valence-electron chi connectivity index (χ2n) is 4.54. The van der Waals surface area contributed by atoms with Crippen molar-refractivity contribution in [3.05, 3.63) is 0 Å². The first-order valence-corrected chi connectivity index (χ1v) is 5.79. The van der Waals surface area contributed by atoms with E-state index in [4.69, 9.17) is 5.11 Å². The summed E-state index contributed by atoms with van der Waals surface area (Å²) in [5.41, 5.74) is 0. The Kier molecular flexibility index (Phi) is 5.45. The molecule has 1 fully saturated rings. The molecule has 0 spiro atoms. The van der Waals surface area contributed by atoms with E-state index in [1.165, 1.54) is 25.9 Å². The van der Waals surface area contributed by atoms with Gasteiger partial charge in [0, 0.05) is 19.2 Å². The normalized spacial score (nSPS) is 22.5. The fourth-order valence-electron chi connectivity index (χ4n) is 1.91. The first kappa shape index (κ1) is 12.0. The van der Waals surface area contributed by atoms with Gasteiger partial charge in [0.15, 0.2) is 0 Å². The fourth-order valence-corrected chi connectivity index (χ4v) is 1.91. The van der Waals surface area contributed by atoms with E-state index in [0.29, 0.717) is 12.0 Å². The van der Waals surface area contributed by atoms with Gasteiger partial charge in [0.05, 0.1) is 0 Å². The molecule has 2 atom stereocenters. The van der Waals surface area contributed by atoms with E-state index in [-0.39, 0.29) is 6.61 Å². The average molecular weight is 200 g/mol. The van der Waals surface area contributed by atoms with Crippen LogP contribution < -0.4 is 5.32 Å². The molecule has 1 aliphatic rings. The van der Waals surface area contributed by atoms with Gasteiger partial charge in [-0.1, -0.05) is 6.92 Å². The maximum Gasteiger partial charge on any atom is 0.0468 e. The summed E-state index contributed by atoms with van der Waals surface area (Å²) in [6.45, 7) is 9.12. The van der Waals surface area contributed by atoms with Crippen molar-refractivity contribution >= 4 is 0 Å². The molecule has 2 N–H and O–H groups in total. The molecule has 84 valence electrons. The number of hydrogen-bond donors (Lipinski definition) is 2. The van der Waals surface area contributed by atoms with E-state index in [1.54, 1.807) is 0 Å². The molecule has 14 heavy (non-hydrogen) atoms. The Morgan fingerprint density at radius 1 is 1.21 bits per heavy atom. The Balaban J connectivity index is 2.05. The maximum atomic E-state index is 8.86. The van der Waals surface area contributed by atoms with Gasteiger partial charge in [-0.05, 0) is 45.3 Å². The number of aliphatic hydroxyl groups excluding tert-OH is 1. The predicted octanol–water partition coefficient (Wildman–Crippen LogP) is 0.689. The van der Waals surface area contributed by atoms with Crippen LogP contribution in [0, 0.1) is 5.92 Å². The summed E-state index contributed by atoms with van der Waals surface area (Å²) in [5.74, 6) is 0.376. The second kappa shape index (κ2) is 6.38. The van der Waals surface area contributed by atoms with Crippen molar-refractivity contribution in [3.63, 3.8) is 0 Å². The lowest BCUT2D eigenvalue weighted by molar-refractivity contribution is 0.220. The molecule has 0 radical (unpaired) electrons. The zero-order valence-electron chi connectivity index (χ0n) is 9.50. The first-order valence-electron chi connectivity index (χ1n) is 5.79. The van der Waals surface area contributed by atoms with Gasteiger partial charge in [-0.15, -0.1) is 0 Å². The SMILES string of the molecule is CC(CO)CNCC(C)N1CCCC1. The third-order valence-electron chi connectivity index (χ3n) is 3.01. The van der Waals surface area contributed by atoms with Crippen LogP contribution in [0.25, 0.3) is 0 Å². The van der Waals surface area contributed by atoms with E-state index in [0.717, 1.165) is 13.1 Å². The quantitative estimate of drug-likeness (QED) is 0.662. The van der Waals surface area contributed by atoms with E-state index < -0.39 is 0 Å². The van der Waals surface area contributed by atoms with Crippen LogP contribution >= 0.6 is 0 Å². The smallest absolute Gasteiger partial charge is 0.0468 e. The minimum atomic E-state index is 0.283. The molecule has 3 nitrogen and oxygen atoms in total. The molecule has 0 aromatic carbocycles. The molecule has 0 bridgehead atoms. The Bertz CT molecular complexity index is 146. The molecular weight excluding hydrogens is 176 g/mol. The molecule has 0 aromatic rings. The van der Waals surface area contributed by atoms with Gasteiger partial charge < -0.3 is 10.4 Å². The standard InChI is InChI=1S/C11H24N2O/c1-10(9-14)7-12-8-11(2)13-5-3-4-6-13/h10-12,14H,3-9H2,1-2H3. The van der Waals surface area contributed by atoms with E-state index in [9.17, 15) is 0 Å². The van der Waals surface area contributed by atoms with Crippen molar-refractivity contribution in [2.45, 2.75) is 32.7 Å². The first-order chi connectivity index (χ1) is 6.74. The molecule has 1 saturated heterocycles. The van der Waals surface area contributed by atoms with Crippen LogP contribution in [0.5, 0.6) is 0 Å².